The van der Waals surface area contributed by atoms with E-state index < -0.39 is 0 Å². The van der Waals surface area contributed by atoms with Crippen LogP contribution in [0.4, 0.5) is 5.69 Å². The van der Waals surface area contributed by atoms with E-state index in [1.807, 2.05) is 22.9 Å². The molecule has 1 fully saturated rings. The van der Waals surface area contributed by atoms with Gasteiger partial charge < -0.3 is 14.4 Å². The minimum absolute atomic E-state index is 0.0103. The van der Waals surface area contributed by atoms with E-state index in [4.69, 9.17) is 9.47 Å². The molecule has 30 heavy (non-hydrogen) atoms. The molecule has 2 heterocycles. The van der Waals surface area contributed by atoms with Crippen molar-refractivity contribution in [2.24, 2.45) is 0 Å². The molecule has 0 amide bonds. The molecule has 158 valence electrons. The van der Waals surface area contributed by atoms with Gasteiger partial charge in [-0.2, -0.15) is 0 Å². The molecule has 4 rings (SSSR count). The second-order valence-corrected chi connectivity index (χ2v) is 7.29. The van der Waals surface area contributed by atoms with Crippen molar-refractivity contribution in [3.05, 3.63) is 66.0 Å². The van der Waals surface area contributed by atoms with Crippen LogP contribution in [0, 0.1) is 0 Å². The highest BCUT2D eigenvalue weighted by Gasteiger charge is 2.30. The monoisotopic (exact) mass is 408 g/mol. The van der Waals surface area contributed by atoms with E-state index in [1.54, 1.807) is 14.2 Å². The summed E-state index contributed by atoms with van der Waals surface area (Å²) in [4.78, 5) is 4.87. The van der Waals surface area contributed by atoms with E-state index >= 15 is 0 Å². The average Bonchev–Trinajstić information content (AvgIpc) is 3.27. The van der Waals surface area contributed by atoms with Crippen LogP contribution in [-0.2, 0) is 11.3 Å². The van der Waals surface area contributed by atoms with E-state index in [-0.39, 0.29) is 6.04 Å². The van der Waals surface area contributed by atoms with Gasteiger partial charge in [-0.15, -0.1) is 5.10 Å². The molecule has 2 aromatic carbocycles. The highest BCUT2D eigenvalue weighted by molar-refractivity contribution is 5.49. The Hall–Kier alpha value is -2.97. The van der Waals surface area contributed by atoms with Crippen LogP contribution in [0.1, 0.15) is 17.4 Å². The topological polar surface area (TPSA) is 68.5 Å². The van der Waals surface area contributed by atoms with Crippen LogP contribution in [0.2, 0.25) is 0 Å². The smallest absolute Gasteiger partial charge is 0.173 e. The van der Waals surface area contributed by atoms with Gasteiger partial charge in [0.15, 0.2) is 5.82 Å². The third-order valence-electron chi connectivity index (χ3n) is 5.54. The van der Waals surface area contributed by atoms with Crippen molar-refractivity contribution < 1.29 is 9.47 Å². The molecule has 0 bridgehead atoms. The Bertz CT molecular complexity index is 907. The van der Waals surface area contributed by atoms with Crippen LogP contribution in [0.3, 0.4) is 0 Å². The van der Waals surface area contributed by atoms with E-state index in [0.717, 1.165) is 37.8 Å². The maximum atomic E-state index is 5.28. The van der Waals surface area contributed by atoms with Crippen molar-refractivity contribution in [2.45, 2.75) is 12.6 Å². The second-order valence-electron chi connectivity index (χ2n) is 7.29. The molecule has 1 aliphatic heterocycles. The van der Waals surface area contributed by atoms with Gasteiger partial charge in [-0.25, -0.2) is 4.68 Å². The zero-order chi connectivity index (χ0) is 20.8. The maximum Gasteiger partial charge on any atom is 0.173 e. The first-order valence-corrected chi connectivity index (χ1v) is 10.2. The summed E-state index contributed by atoms with van der Waals surface area (Å²) in [6, 6.07) is 18.7. The zero-order valence-electron chi connectivity index (χ0n) is 17.5. The van der Waals surface area contributed by atoms with Gasteiger partial charge in [0.1, 0.15) is 5.75 Å². The molecule has 0 aliphatic carbocycles. The maximum absolute atomic E-state index is 5.28. The number of nitrogens with zero attached hydrogens (tertiary/aromatic N) is 6. The summed E-state index contributed by atoms with van der Waals surface area (Å²) in [5.41, 5.74) is 2.42. The van der Waals surface area contributed by atoms with Gasteiger partial charge in [0, 0.05) is 39.0 Å². The number of aromatic nitrogens is 4. The van der Waals surface area contributed by atoms with Crippen molar-refractivity contribution in [2.75, 3.05) is 51.9 Å². The third kappa shape index (κ3) is 4.44. The average molecular weight is 409 g/mol. The van der Waals surface area contributed by atoms with Gasteiger partial charge in [-0.1, -0.05) is 30.3 Å². The first-order chi connectivity index (χ1) is 14.8. The number of methoxy groups -OCH3 is 2. The molecular weight excluding hydrogens is 380 g/mol. The SMILES string of the molecule is COCCn1nnnc1[C@@H](c1ccccc1)N1CCN(c2ccc(OC)cc2)CC1. The van der Waals surface area contributed by atoms with Gasteiger partial charge in [0.05, 0.1) is 26.3 Å². The third-order valence-corrected chi connectivity index (χ3v) is 5.54. The highest BCUT2D eigenvalue weighted by atomic mass is 16.5. The fourth-order valence-corrected chi connectivity index (χ4v) is 3.93. The Balaban J connectivity index is 1.53. The predicted molar refractivity (Wildman–Crippen MR) is 115 cm³/mol. The van der Waals surface area contributed by atoms with E-state index in [0.29, 0.717) is 13.2 Å². The molecule has 1 saturated heterocycles. The number of anilines is 1. The molecule has 0 N–H and O–H groups in total. The molecule has 3 aromatic rings. The Morgan fingerprint density at radius 1 is 0.933 bits per heavy atom. The van der Waals surface area contributed by atoms with Crippen molar-refractivity contribution in [1.29, 1.82) is 0 Å². The van der Waals surface area contributed by atoms with Crippen LogP contribution >= 0.6 is 0 Å². The molecule has 1 aliphatic rings. The first-order valence-electron chi connectivity index (χ1n) is 10.2. The summed E-state index contributed by atoms with van der Waals surface area (Å²) in [5.74, 6) is 1.74. The Morgan fingerprint density at radius 3 is 2.33 bits per heavy atom. The van der Waals surface area contributed by atoms with Crippen molar-refractivity contribution in [3.8, 4) is 5.75 Å². The summed E-state index contributed by atoms with van der Waals surface area (Å²) in [6.07, 6.45) is 0. The summed E-state index contributed by atoms with van der Waals surface area (Å²) in [5, 5.41) is 12.5. The standard InChI is InChI=1S/C22H28N6O2/c1-29-17-16-28-22(23-24-25-28)21(18-6-4-3-5-7-18)27-14-12-26(13-15-27)19-8-10-20(30-2)11-9-19/h3-11,21H,12-17H2,1-2H3/t21-/m1/s1. The fourth-order valence-electron chi connectivity index (χ4n) is 3.93. The lowest BCUT2D eigenvalue weighted by atomic mass is 10.0. The lowest BCUT2D eigenvalue weighted by molar-refractivity contribution is 0.172. The lowest BCUT2D eigenvalue weighted by Gasteiger charge is -2.40. The molecule has 8 nitrogen and oxygen atoms in total. The molecule has 1 atom stereocenters. The number of rotatable bonds is 8. The molecule has 0 radical (unpaired) electrons. The summed E-state index contributed by atoms with van der Waals surface area (Å²) in [7, 11) is 3.38. The molecule has 0 unspecified atom stereocenters. The normalized spacial score (nSPS) is 15.9. The van der Waals surface area contributed by atoms with Crippen molar-refractivity contribution >= 4 is 5.69 Å². The number of hydrogen-bond acceptors (Lipinski definition) is 7. The number of piperazine rings is 1. The van der Waals surface area contributed by atoms with Crippen LogP contribution in [0.25, 0.3) is 0 Å². The van der Waals surface area contributed by atoms with Gasteiger partial charge in [0.25, 0.3) is 0 Å². The van der Waals surface area contributed by atoms with Crippen LogP contribution in [0.5, 0.6) is 5.75 Å². The van der Waals surface area contributed by atoms with Gasteiger partial charge in [-0.05, 0) is 40.3 Å². The van der Waals surface area contributed by atoms with Gasteiger partial charge >= 0.3 is 0 Å². The number of ether oxygens (including phenoxy) is 2. The summed E-state index contributed by atoms with van der Waals surface area (Å²) >= 11 is 0. The largest absolute Gasteiger partial charge is 0.497 e. The number of benzene rings is 2. The number of hydrogen-bond donors (Lipinski definition) is 0. The van der Waals surface area contributed by atoms with E-state index in [9.17, 15) is 0 Å². The van der Waals surface area contributed by atoms with Crippen LogP contribution in [0.15, 0.2) is 54.6 Å². The van der Waals surface area contributed by atoms with Crippen molar-refractivity contribution in [1.82, 2.24) is 25.1 Å². The lowest BCUT2D eigenvalue weighted by Crippen LogP contribution is -2.48. The predicted octanol–water partition coefficient (Wildman–Crippen LogP) is 2.24. The molecule has 0 saturated carbocycles. The van der Waals surface area contributed by atoms with Gasteiger partial charge in [0.2, 0.25) is 0 Å². The van der Waals surface area contributed by atoms with Crippen LogP contribution < -0.4 is 9.64 Å². The van der Waals surface area contributed by atoms with E-state index in [2.05, 4.69) is 61.7 Å². The van der Waals surface area contributed by atoms with Crippen LogP contribution in [-0.4, -0.2) is 72.1 Å². The first kappa shape index (κ1) is 20.3. The quantitative estimate of drug-likeness (QED) is 0.566. The molecule has 8 heteroatoms. The minimum atomic E-state index is 0.0103. The highest BCUT2D eigenvalue weighted by Crippen LogP contribution is 2.29. The van der Waals surface area contributed by atoms with Gasteiger partial charge in [-0.3, -0.25) is 4.90 Å². The van der Waals surface area contributed by atoms with E-state index in [1.165, 1.54) is 11.3 Å². The molecular formula is C22H28N6O2. The summed E-state index contributed by atoms with van der Waals surface area (Å²) < 4.78 is 12.4. The minimum Gasteiger partial charge on any atom is -0.497 e. The number of tetrazole rings is 1. The molecule has 0 spiro atoms. The Labute approximate surface area is 177 Å². The zero-order valence-corrected chi connectivity index (χ0v) is 17.5. The molecule has 1 aromatic heterocycles. The fraction of sp³-hybridized carbons (Fsp3) is 0.409. The summed E-state index contributed by atoms with van der Waals surface area (Å²) in [6.45, 7) is 4.93. The van der Waals surface area contributed by atoms with Crippen molar-refractivity contribution in [3.63, 3.8) is 0 Å². The Morgan fingerprint density at radius 2 is 1.67 bits per heavy atom. The second kappa shape index (κ2) is 9.69. The Kier molecular flexibility index (Phi) is 6.56.